The fourth-order valence-electron chi connectivity index (χ4n) is 2.34. The summed E-state index contributed by atoms with van der Waals surface area (Å²) in [5.74, 6) is 1.59. The molecule has 1 aliphatic heterocycles. The summed E-state index contributed by atoms with van der Waals surface area (Å²) in [6.07, 6.45) is 2.47. The SMILES string of the molecule is O=c1cccnn1CCCNC[C@H]1COc2ccccc2O1. The Kier molecular flexibility index (Phi) is 4.70. The van der Waals surface area contributed by atoms with Gasteiger partial charge in [-0.25, -0.2) is 4.68 Å². The predicted octanol–water partition coefficient (Wildman–Crippen LogP) is 1.06. The summed E-state index contributed by atoms with van der Waals surface area (Å²) in [6, 6.07) is 10.8. The van der Waals surface area contributed by atoms with Gasteiger partial charge in [0.1, 0.15) is 12.7 Å². The van der Waals surface area contributed by atoms with Crippen LogP contribution in [0.2, 0.25) is 0 Å². The zero-order valence-electron chi connectivity index (χ0n) is 12.3. The second kappa shape index (κ2) is 7.09. The number of aromatic nitrogens is 2. The van der Waals surface area contributed by atoms with Crippen molar-refractivity contribution in [3.8, 4) is 11.5 Å². The van der Waals surface area contributed by atoms with Gasteiger partial charge in [0, 0.05) is 25.4 Å². The molecule has 0 saturated heterocycles. The Bertz CT molecular complexity index is 671. The third-order valence-corrected chi connectivity index (χ3v) is 3.45. The predicted molar refractivity (Wildman–Crippen MR) is 82.3 cm³/mol. The van der Waals surface area contributed by atoms with Crippen LogP contribution >= 0.6 is 0 Å². The van der Waals surface area contributed by atoms with E-state index < -0.39 is 0 Å². The molecule has 2 aromatic rings. The Hall–Kier alpha value is -2.34. The van der Waals surface area contributed by atoms with Crippen LogP contribution in [0.1, 0.15) is 6.42 Å². The molecule has 0 aliphatic carbocycles. The van der Waals surface area contributed by atoms with Gasteiger partial charge in [-0.1, -0.05) is 12.1 Å². The first kappa shape index (κ1) is 14.6. The minimum Gasteiger partial charge on any atom is -0.486 e. The zero-order chi connectivity index (χ0) is 15.2. The molecule has 0 bridgehead atoms. The maximum absolute atomic E-state index is 11.5. The average Bonchev–Trinajstić information content (AvgIpc) is 2.56. The number of nitrogens with one attached hydrogen (secondary N) is 1. The lowest BCUT2D eigenvalue weighted by molar-refractivity contribution is 0.0904. The maximum Gasteiger partial charge on any atom is 0.266 e. The molecule has 116 valence electrons. The van der Waals surface area contributed by atoms with Crippen molar-refractivity contribution in [1.82, 2.24) is 15.1 Å². The molecule has 1 aromatic heterocycles. The van der Waals surface area contributed by atoms with Crippen LogP contribution in [0.5, 0.6) is 11.5 Å². The Balaban J connectivity index is 1.38. The van der Waals surface area contributed by atoms with E-state index in [0.717, 1.165) is 24.5 Å². The van der Waals surface area contributed by atoms with Gasteiger partial charge < -0.3 is 14.8 Å². The number of ether oxygens (including phenoxy) is 2. The van der Waals surface area contributed by atoms with Gasteiger partial charge in [0.25, 0.3) is 5.56 Å². The van der Waals surface area contributed by atoms with Crippen LogP contribution < -0.4 is 20.3 Å². The van der Waals surface area contributed by atoms with E-state index in [4.69, 9.17) is 9.47 Å². The third kappa shape index (κ3) is 3.65. The second-order valence-electron chi connectivity index (χ2n) is 5.14. The Labute approximate surface area is 128 Å². The summed E-state index contributed by atoms with van der Waals surface area (Å²) in [6.45, 7) is 2.66. The molecule has 22 heavy (non-hydrogen) atoms. The van der Waals surface area contributed by atoms with Gasteiger partial charge in [0.2, 0.25) is 0 Å². The van der Waals surface area contributed by atoms with Crippen LogP contribution in [-0.4, -0.2) is 35.6 Å². The van der Waals surface area contributed by atoms with Gasteiger partial charge in [-0.3, -0.25) is 4.79 Å². The fourth-order valence-corrected chi connectivity index (χ4v) is 2.34. The van der Waals surface area contributed by atoms with Crippen molar-refractivity contribution < 1.29 is 9.47 Å². The van der Waals surface area contributed by atoms with Crippen molar-refractivity contribution in [3.63, 3.8) is 0 Å². The van der Waals surface area contributed by atoms with Gasteiger partial charge in [-0.05, 0) is 31.2 Å². The van der Waals surface area contributed by atoms with Gasteiger partial charge in [0.05, 0.1) is 0 Å². The number of benzene rings is 1. The molecule has 3 rings (SSSR count). The molecule has 0 spiro atoms. The molecule has 6 nitrogen and oxygen atoms in total. The van der Waals surface area contributed by atoms with Crippen LogP contribution in [-0.2, 0) is 6.54 Å². The first-order chi connectivity index (χ1) is 10.8. The quantitative estimate of drug-likeness (QED) is 0.808. The maximum atomic E-state index is 11.5. The molecule has 2 heterocycles. The molecule has 1 aromatic carbocycles. The van der Waals surface area contributed by atoms with Crippen molar-refractivity contribution in [2.45, 2.75) is 19.1 Å². The standard InChI is InChI=1S/C16H19N3O3/c20-16-7-3-9-18-19(16)10-4-8-17-11-13-12-21-14-5-1-2-6-15(14)22-13/h1-3,5-7,9,13,17H,4,8,10-12H2/t13-/m0/s1. The van der Waals surface area contributed by atoms with Crippen LogP contribution in [0.25, 0.3) is 0 Å². The summed E-state index contributed by atoms with van der Waals surface area (Å²) in [4.78, 5) is 11.5. The smallest absolute Gasteiger partial charge is 0.266 e. The van der Waals surface area contributed by atoms with E-state index in [0.29, 0.717) is 19.7 Å². The normalized spacial score (nSPS) is 16.5. The number of para-hydroxylation sites is 2. The number of hydrogen-bond acceptors (Lipinski definition) is 5. The molecule has 0 radical (unpaired) electrons. The van der Waals surface area contributed by atoms with E-state index in [-0.39, 0.29) is 11.7 Å². The van der Waals surface area contributed by atoms with Crippen LogP contribution in [0.15, 0.2) is 47.4 Å². The summed E-state index contributed by atoms with van der Waals surface area (Å²) in [5, 5.41) is 7.35. The largest absolute Gasteiger partial charge is 0.486 e. The summed E-state index contributed by atoms with van der Waals surface area (Å²) in [5.41, 5.74) is -0.0666. The van der Waals surface area contributed by atoms with Gasteiger partial charge in [-0.2, -0.15) is 5.10 Å². The van der Waals surface area contributed by atoms with Crippen molar-refractivity contribution in [2.75, 3.05) is 19.7 Å². The molecular weight excluding hydrogens is 282 g/mol. The molecule has 0 fully saturated rings. The Morgan fingerprint density at radius 1 is 1.23 bits per heavy atom. The number of rotatable bonds is 6. The van der Waals surface area contributed by atoms with E-state index in [2.05, 4.69) is 10.4 Å². The number of hydrogen-bond donors (Lipinski definition) is 1. The summed E-state index contributed by atoms with van der Waals surface area (Å²) >= 11 is 0. The molecule has 0 amide bonds. The van der Waals surface area contributed by atoms with Crippen LogP contribution in [0.3, 0.4) is 0 Å². The van der Waals surface area contributed by atoms with Crippen molar-refractivity contribution in [2.24, 2.45) is 0 Å². The topological polar surface area (TPSA) is 65.4 Å². The van der Waals surface area contributed by atoms with E-state index in [1.165, 1.54) is 10.7 Å². The lowest BCUT2D eigenvalue weighted by Gasteiger charge is -2.26. The summed E-state index contributed by atoms with van der Waals surface area (Å²) in [7, 11) is 0. The number of nitrogens with zero attached hydrogens (tertiary/aromatic N) is 2. The lowest BCUT2D eigenvalue weighted by atomic mass is 10.2. The molecule has 0 unspecified atom stereocenters. The molecule has 6 heteroatoms. The Morgan fingerprint density at radius 3 is 2.95 bits per heavy atom. The van der Waals surface area contributed by atoms with Gasteiger partial charge in [-0.15, -0.1) is 0 Å². The zero-order valence-corrected chi connectivity index (χ0v) is 12.3. The van der Waals surface area contributed by atoms with Gasteiger partial charge >= 0.3 is 0 Å². The third-order valence-electron chi connectivity index (χ3n) is 3.45. The lowest BCUT2D eigenvalue weighted by Crippen LogP contribution is -2.39. The first-order valence-electron chi connectivity index (χ1n) is 7.44. The van der Waals surface area contributed by atoms with Crippen molar-refractivity contribution in [3.05, 3.63) is 52.9 Å². The monoisotopic (exact) mass is 301 g/mol. The molecule has 0 saturated carbocycles. The second-order valence-corrected chi connectivity index (χ2v) is 5.14. The van der Waals surface area contributed by atoms with Crippen molar-refractivity contribution in [1.29, 1.82) is 0 Å². The van der Waals surface area contributed by atoms with E-state index in [1.54, 1.807) is 12.3 Å². The highest BCUT2D eigenvalue weighted by molar-refractivity contribution is 5.40. The molecule has 1 atom stereocenters. The van der Waals surface area contributed by atoms with E-state index in [1.807, 2.05) is 24.3 Å². The van der Waals surface area contributed by atoms with Crippen LogP contribution in [0, 0.1) is 0 Å². The van der Waals surface area contributed by atoms with E-state index in [9.17, 15) is 4.79 Å². The fraction of sp³-hybridized carbons (Fsp3) is 0.375. The molecular formula is C16H19N3O3. The highest BCUT2D eigenvalue weighted by Crippen LogP contribution is 2.30. The van der Waals surface area contributed by atoms with Crippen LogP contribution in [0.4, 0.5) is 0 Å². The minimum atomic E-state index is -0.0666. The number of fused-ring (bicyclic) bond motifs is 1. The number of aryl methyl sites for hydroxylation is 1. The first-order valence-corrected chi connectivity index (χ1v) is 7.44. The van der Waals surface area contributed by atoms with E-state index >= 15 is 0 Å². The van der Waals surface area contributed by atoms with Crippen molar-refractivity contribution >= 4 is 0 Å². The summed E-state index contributed by atoms with van der Waals surface area (Å²) < 4.78 is 13.0. The van der Waals surface area contributed by atoms with Gasteiger partial charge in [0.15, 0.2) is 11.5 Å². The highest BCUT2D eigenvalue weighted by Gasteiger charge is 2.19. The molecule has 1 N–H and O–H groups in total. The minimum absolute atomic E-state index is 0.00692. The average molecular weight is 301 g/mol. The highest BCUT2D eigenvalue weighted by atomic mass is 16.6. The Morgan fingerprint density at radius 2 is 2.09 bits per heavy atom. The molecule has 1 aliphatic rings.